The first-order valence-electron chi connectivity index (χ1n) is 5.96. The van der Waals surface area contributed by atoms with Gasteiger partial charge in [-0.3, -0.25) is 4.79 Å². The standard InChI is InChI=1S/C14H21BrN2O/c1-13(2,9-17-12(18)14(3,4)16)10-5-7-11(15)8-6-10/h5-8H,9,16H2,1-4H3,(H,17,18). The summed E-state index contributed by atoms with van der Waals surface area (Å²) < 4.78 is 1.05. The van der Waals surface area contributed by atoms with E-state index in [0.717, 1.165) is 4.47 Å². The van der Waals surface area contributed by atoms with Crippen LogP contribution in [0.15, 0.2) is 28.7 Å². The van der Waals surface area contributed by atoms with E-state index in [4.69, 9.17) is 5.73 Å². The van der Waals surface area contributed by atoms with Crippen molar-refractivity contribution in [3.63, 3.8) is 0 Å². The number of hydrogen-bond acceptors (Lipinski definition) is 2. The minimum Gasteiger partial charge on any atom is -0.354 e. The number of halogens is 1. The molecule has 1 amide bonds. The van der Waals surface area contributed by atoms with Gasteiger partial charge in [-0.1, -0.05) is 41.9 Å². The molecule has 4 heteroatoms. The van der Waals surface area contributed by atoms with Crippen molar-refractivity contribution in [2.24, 2.45) is 5.73 Å². The van der Waals surface area contributed by atoms with Crippen molar-refractivity contribution in [3.8, 4) is 0 Å². The zero-order chi connectivity index (χ0) is 14.0. The number of nitrogens with two attached hydrogens (primary N) is 1. The molecule has 1 aromatic carbocycles. The maximum Gasteiger partial charge on any atom is 0.239 e. The second-order valence-electron chi connectivity index (χ2n) is 5.80. The highest BCUT2D eigenvalue weighted by Crippen LogP contribution is 2.24. The summed E-state index contributed by atoms with van der Waals surface area (Å²) in [4.78, 5) is 11.8. The summed E-state index contributed by atoms with van der Waals surface area (Å²) in [5, 5.41) is 2.90. The van der Waals surface area contributed by atoms with Crippen molar-refractivity contribution < 1.29 is 4.79 Å². The van der Waals surface area contributed by atoms with Gasteiger partial charge < -0.3 is 11.1 Å². The minimum absolute atomic E-state index is 0.123. The lowest BCUT2D eigenvalue weighted by atomic mass is 9.84. The number of hydrogen-bond donors (Lipinski definition) is 2. The Bertz CT molecular complexity index is 418. The SMILES string of the molecule is CC(C)(N)C(=O)NCC(C)(C)c1ccc(Br)cc1. The minimum atomic E-state index is -0.838. The average Bonchev–Trinajstić information content (AvgIpc) is 2.25. The fourth-order valence-electron chi connectivity index (χ4n) is 1.53. The molecule has 1 rings (SSSR count). The predicted octanol–water partition coefficient (Wildman–Crippen LogP) is 2.58. The van der Waals surface area contributed by atoms with E-state index in [1.165, 1.54) is 5.56 Å². The normalized spacial score (nSPS) is 12.3. The lowest BCUT2D eigenvalue weighted by molar-refractivity contribution is -0.125. The molecular formula is C14H21BrN2O. The molecule has 0 aliphatic carbocycles. The number of nitrogens with one attached hydrogen (secondary N) is 1. The number of amides is 1. The van der Waals surface area contributed by atoms with Gasteiger partial charge in [-0.2, -0.15) is 0 Å². The van der Waals surface area contributed by atoms with Gasteiger partial charge in [0.2, 0.25) is 5.91 Å². The van der Waals surface area contributed by atoms with Crippen molar-refractivity contribution in [2.45, 2.75) is 38.6 Å². The number of carbonyl (C=O) groups excluding carboxylic acids is 1. The van der Waals surface area contributed by atoms with Crippen LogP contribution in [0.1, 0.15) is 33.3 Å². The van der Waals surface area contributed by atoms with Gasteiger partial charge in [0.15, 0.2) is 0 Å². The Labute approximate surface area is 117 Å². The zero-order valence-corrected chi connectivity index (χ0v) is 13.0. The maximum absolute atomic E-state index is 11.8. The smallest absolute Gasteiger partial charge is 0.239 e. The van der Waals surface area contributed by atoms with Crippen molar-refractivity contribution in [2.75, 3.05) is 6.54 Å². The zero-order valence-electron chi connectivity index (χ0n) is 11.4. The molecule has 0 spiro atoms. The third kappa shape index (κ3) is 4.10. The van der Waals surface area contributed by atoms with E-state index in [-0.39, 0.29) is 11.3 Å². The molecule has 0 unspecified atom stereocenters. The summed E-state index contributed by atoms with van der Waals surface area (Å²) >= 11 is 3.41. The van der Waals surface area contributed by atoms with Gasteiger partial charge in [-0.25, -0.2) is 0 Å². The summed E-state index contributed by atoms with van der Waals surface area (Å²) in [7, 11) is 0. The predicted molar refractivity (Wildman–Crippen MR) is 78.4 cm³/mol. The van der Waals surface area contributed by atoms with Crippen LogP contribution < -0.4 is 11.1 Å². The summed E-state index contributed by atoms with van der Waals surface area (Å²) in [6.07, 6.45) is 0. The molecule has 0 saturated heterocycles. The Morgan fingerprint density at radius 2 is 1.72 bits per heavy atom. The average molecular weight is 313 g/mol. The lowest BCUT2D eigenvalue weighted by Crippen LogP contribution is -2.51. The quantitative estimate of drug-likeness (QED) is 0.898. The van der Waals surface area contributed by atoms with E-state index in [9.17, 15) is 4.79 Å². The van der Waals surface area contributed by atoms with Crippen molar-refractivity contribution in [1.82, 2.24) is 5.32 Å². The van der Waals surface area contributed by atoms with E-state index in [1.807, 2.05) is 12.1 Å². The molecule has 0 saturated carbocycles. The Morgan fingerprint density at radius 1 is 1.22 bits per heavy atom. The van der Waals surface area contributed by atoms with Crippen LogP contribution in [0, 0.1) is 0 Å². The van der Waals surface area contributed by atoms with E-state index in [0.29, 0.717) is 6.54 Å². The molecule has 100 valence electrons. The molecule has 0 radical (unpaired) electrons. The van der Waals surface area contributed by atoms with Gasteiger partial charge >= 0.3 is 0 Å². The monoisotopic (exact) mass is 312 g/mol. The van der Waals surface area contributed by atoms with Crippen LogP contribution in [0.3, 0.4) is 0 Å². The van der Waals surface area contributed by atoms with Crippen LogP contribution in [0.5, 0.6) is 0 Å². The van der Waals surface area contributed by atoms with E-state index >= 15 is 0 Å². The molecule has 0 heterocycles. The largest absolute Gasteiger partial charge is 0.354 e. The Balaban J connectivity index is 2.71. The van der Waals surface area contributed by atoms with Crippen LogP contribution in [0.4, 0.5) is 0 Å². The lowest BCUT2D eigenvalue weighted by Gasteiger charge is -2.28. The van der Waals surface area contributed by atoms with Crippen molar-refractivity contribution in [3.05, 3.63) is 34.3 Å². The van der Waals surface area contributed by atoms with E-state index in [1.54, 1.807) is 13.8 Å². The number of carbonyl (C=O) groups is 1. The Hall–Kier alpha value is -0.870. The molecule has 0 aromatic heterocycles. The first kappa shape index (κ1) is 15.2. The molecule has 0 atom stereocenters. The molecule has 0 bridgehead atoms. The van der Waals surface area contributed by atoms with Gasteiger partial charge in [0.25, 0.3) is 0 Å². The van der Waals surface area contributed by atoms with Gasteiger partial charge in [-0.15, -0.1) is 0 Å². The molecule has 3 nitrogen and oxygen atoms in total. The van der Waals surface area contributed by atoms with Crippen molar-refractivity contribution >= 4 is 21.8 Å². The highest BCUT2D eigenvalue weighted by molar-refractivity contribution is 9.10. The second-order valence-corrected chi connectivity index (χ2v) is 6.71. The van der Waals surface area contributed by atoms with Crippen LogP contribution in [0.25, 0.3) is 0 Å². The Kier molecular flexibility index (Phi) is 4.56. The highest BCUT2D eigenvalue weighted by Gasteiger charge is 2.26. The Morgan fingerprint density at radius 3 is 2.17 bits per heavy atom. The van der Waals surface area contributed by atoms with Gasteiger partial charge in [-0.05, 0) is 31.5 Å². The van der Waals surface area contributed by atoms with Gasteiger partial charge in [0.1, 0.15) is 0 Å². The molecule has 0 fully saturated rings. The first-order valence-corrected chi connectivity index (χ1v) is 6.75. The van der Waals surface area contributed by atoms with Crippen LogP contribution in [0.2, 0.25) is 0 Å². The third-order valence-corrected chi connectivity index (χ3v) is 3.43. The summed E-state index contributed by atoms with van der Waals surface area (Å²) in [6, 6.07) is 8.13. The first-order chi connectivity index (χ1) is 8.13. The third-order valence-electron chi connectivity index (χ3n) is 2.90. The topological polar surface area (TPSA) is 55.1 Å². The molecule has 0 aliphatic rings. The highest BCUT2D eigenvalue weighted by atomic mass is 79.9. The van der Waals surface area contributed by atoms with Crippen molar-refractivity contribution in [1.29, 1.82) is 0 Å². The fraction of sp³-hybridized carbons (Fsp3) is 0.500. The van der Waals surface area contributed by atoms with Crippen LogP contribution in [-0.4, -0.2) is 18.0 Å². The van der Waals surface area contributed by atoms with E-state index < -0.39 is 5.54 Å². The maximum atomic E-state index is 11.8. The molecule has 0 aliphatic heterocycles. The molecule has 18 heavy (non-hydrogen) atoms. The fourth-order valence-corrected chi connectivity index (χ4v) is 1.80. The van der Waals surface area contributed by atoms with Crippen LogP contribution in [-0.2, 0) is 10.2 Å². The summed E-state index contributed by atoms with van der Waals surface area (Å²) in [6.45, 7) is 8.16. The second kappa shape index (κ2) is 5.41. The summed E-state index contributed by atoms with van der Waals surface area (Å²) in [5.41, 5.74) is 5.97. The molecular weight excluding hydrogens is 292 g/mol. The number of rotatable bonds is 4. The van der Waals surface area contributed by atoms with Gasteiger partial charge in [0.05, 0.1) is 5.54 Å². The number of benzene rings is 1. The van der Waals surface area contributed by atoms with Gasteiger partial charge in [0, 0.05) is 16.4 Å². The van der Waals surface area contributed by atoms with E-state index in [2.05, 4.69) is 47.2 Å². The van der Waals surface area contributed by atoms with Crippen LogP contribution >= 0.6 is 15.9 Å². The molecule has 1 aromatic rings. The summed E-state index contributed by atoms with van der Waals surface area (Å²) in [5.74, 6) is -0.132. The molecule has 3 N–H and O–H groups in total.